The van der Waals surface area contributed by atoms with Crippen molar-refractivity contribution in [3.63, 3.8) is 0 Å². The van der Waals surface area contributed by atoms with Crippen molar-refractivity contribution in [2.24, 2.45) is 0 Å². The van der Waals surface area contributed by atoms with E-state index in [1.807, 2.05) is 42.2 Å². The number of esters is 1. The summed E-state index contributed by atoms with van der Waals surface area (Å²) in [5.41, 5.74) is 5.38. The summed E-state index contributed by atoms with van der Waals surface area (Å²) in [7, 11) is 3.25. The summed E-state index contributed by atoms with van der Waals surface area (Å²) >= 11 is 0. The minimum atomic E-state index is -0.755. The first-order valence-electron chi connectivity index (χ1n) is 14.8. The monoisotopic (exact) mass is 575 g/mol. The summed E-state index contributed by atoms with van der Waals surface area (Å²) in [4.78, 5) is 27.5. The predicted molar refractivity (Wildman–Crippen MR) is 164 cm³/mol. The van der Waals surface area contributed by atoms with E-state index < -0.39 is 11.7 Å². The molecule has 0 aromatic heterocycles. The Bertz CT molecular complexity index is 1350. The molecule has 0 radical (unpaired) electrons. The summed E-state index contributed by atoms with van der Waals surface area (Å²) in [5, 5.41) is 0. The van der Waals surface area contributed by atoms with E-state index in [1.54, 1.807) is 14.2 Å². The average Bonchev–Trinajstić information content (AvgIpc) is 3.27. The number of methoxy groups -OCH3 is 2. The van der Waals surface area contributed by atoms with E-state index >= 15 is 0 Å². The number of hydrogen-bond donors (Lipinski definition) is 0. The molecule has 1 amide bonds. The van der Waals surface area contributed by atoms with Crippen LogP contribution in [0.5, 0.6) is 17.2 Å². The third-order valence-corrected chi connectivity index (χ3v) is 8.30. The van der Waals surface area contributed by atoms with Gasteiger partial charge < -0.3 is 23.8 Å². The fourth-order valence-corrected chi connectivity index (χ4v) is 5.81. The number of rotatable bonds is 12. The molecule has 0 fully saturated rings. The number of ether oxygens (including phenoxy) is 4. The Kier molecular flexibility index (Phi) is 10.0. The molecule has 42 heavy (non-hydrogen) atoms. The maximum absolute atomic E-state index is 13.5. The number of fused-ring (bicyclic) bond motifs is 3. The van der Waals surface area contributed by atoms with Crippen LogP contribution in [0.2, 0.25) is 0 Å². The lowest BCUT2D eigenvalue weighted by Crippen LogP contribution is -2.51. The number of allylic oxidation sites excluding steroid dienone is 4. The van der Waals surface area contributed by atoms with Crippen molar-refractivity contribution in [1.29, 1.82) is 0 Å². The topological polar surface area (TPSA) is 74.3 Å². The molecule has 0 saturated heterocycles. The Morgan fingerprint density at radius 2 is 1.79 bits per heavy atom. The lowest BCUT2D eigenvalue weighted by molar-refractivity contribution is -0.160. The Morgan fingerprint density at radius 3 is 2.43 bits per heavy atom. The normalized spacial score (nSPS) is 19.5. The predicted octanol–water partition coefficient (Wildman–Crippen LogP) is 7.00. The Labute approximate surface area is 250 Å². The zero-order valence-electron chi connectivity index (χ0n) is 26.2. The van der Waals surface area contributed by atoms with E-state index in [2.05, 4.69) is 32.9 Å². The van der Waals surface area contributed by atoms with Crippen LogP contribution in [-0.2, 0) is 28.9 Å². The van der Waals surface area contributed by atoms with Gasteiger partial charge in [0.2, 0.25) is 0 Å². The summed E-state index contributed by atoms with van der Waals surface area (Å²) in [5.74, 6) is 1.72. The molecule has 226 valence electrons. The molecule has 2 atom stereocenters. The van der Waals surface area contributed by atoms with Crippen LogP contribution in [0.25, 0.3) is 0 Å². The van der Waals surface area contributed by atoms with Crippen molar-refractivity contribution in [1.82, 2.24) is 4.90 Å². The fraction of sp³-hybridized carbons (Fsp3) is 0.486. The highest BCUT2D eigenvalue weighted by atomic mass is 16.6. The Balaban J connectivity index is 1.56. The van der Waals surface area contributed by atoms with Gasteiger partial charge in [-0.15, -0.1) is 0 Å². The number of carbonyl (C=O) groups excluding carboxylic acids is 2. The molecule has 0 aliphatic carbocycles. The average molecular weight is 576 g/mol. The van der Waals surface area contributed by atoms with Gasteiger partial charge in [0.25, 0.3) is 5.91 Å². The van der Waals surface area contributed by atoms with Crippen molar-refractivity contribution < 1.29 is 28.5 Å². The molecule has 0 spiro atoms. The largest absolute Gasteiger partial charge is 0.497 e. The van der Waals surface area contributed by atoms with Gasteiger partial charge in [0.1, 0.15) is 29.0 Å². The van der Waals surface area contributed by atoms with E-state index in [0.717, 1.165) is 48.1 Å². The quantitative estimate of drug-likeness (QED) is 0.200. The highest BCUT2D eigenvalue weighted by Crippen LogP contribution is 2.47. The van der Waals surface area contributed by atoms with E-state index in [0.29, 0.717) is 43.0 Å². The van der Waals surface area contributed by atoms with Crippen LogP contribution in [0.1, 0.15) is 87.4 Å². The lowest BCUT2D eigenvalue weighted by Gasteiger charge is -2.42. The molecule has 4 rings (SSSR count). The minimum Gasteiger partial charge on any atom is -0.497 e. The van der Waals surface area contributed by atoms with Crippen LogP contribution in [-0.4, -0.2) is 49.2 Å². The third kappa shape index (κ3) is 7.18. The highest BCUT2D eigenvalue weighted by Gasteiger charge is 2.46. The smallest absolute Gasteiger partial charge is 0.303 e. The van der Waals surface area contributed by atoms with Gasteiger partial charge in [0.15, 0.2) is 0 Å². The molecule has 2 aromatic carbocycles. The highest BCUT2D eigenvalue weighted by molar-refractivity contribution is 6.00. The molecule has 2 aliphatic heterocycles. The summed E-state index contributed by atoms with van der Waals surface area (Å²) in [6.45, 7) is 10.9. The van der Waals surface area contributed by atoms with E-state index in [-0.39, 0.29) is 11.9 Å². The zero-order valence-corrected chi connectivity index (χ0v) is 26.2. The number of hydrogen-bond acceptors (Lipinski definition) is 6. The number of nitrogens with zero attached hydrogens (tertiary/aromatic N) is 1. The first-order valence-corrected chi connectivity index (χ1v) is 14.8. The summed E-state index contributed by atoms with van der Waals surface area (Å²) in [6.07, 6.45) is 8.74. The zero-order chi connectivity index (χ0) is 30.4. The number of benzene rings is 2. The van der Waals surface area contributed by atoms with Crippen molar-refractivity contribution >= 4 is 11.9 Å². The van der Waals surface area contributed by atoms with Crippen molar-refractivity contribution in [3.8, 4) is 17.2 Å². The minimum absolute atomic E-state index is 0.0260. The first kappa shape index (κ1) is 31.2. The second kappa shape index (κ2) is 13.5. The van der Waals surface area contributed by atoms with Gasteiger partial charge in [-0.3, -0.25) is 9.59 Å². The standard InChI is InChI=1S/C35H45NO6/c1-23(2)10-8-11-24(3)12-9-18-35(5)32(41-25(4)37)21-29-31(40-7)20-28-30(33(29)42-35)22-36(34(28)38)19-17-26-13-15-27(39-6)16-14-26/h10,12-16,20,32H,8-9,11,17-19,21-22H2,1-7H3/b24-12+/t32-,35-/m1/s1. The van der Waals surface area contributed by atoms with Crippen LogP contribution in [0.4, 0.5) is 0 Å². The number of amides is 1. The van der Waals surface area contributed by atoms with Crippen LogP contribution in [0.15, 0.2) is 53.6 Å². The van der Waals surface area contributed by atoms with Gasteiger partial charge in [0.05, 0.1) is 26.3 Å². The molecule has 0 saturated carbocycles. The maximum atomic E-state index is 13.5. The van der Waals surface area contributed by atoms with Crippen LogP contribution in [0.3, 0.4) is 0 Å². The van der Waals surface area contributed by atoms with Gasteiger partial charge in [-0.25, -0.2) is 0 Å². The van der Waals surface area contributed by atoms with Crippen LogP contribution in [0, 0.1) is 0 Å². The summed E-state index contributed by atoms with van der Waals surface area (Å²) < 4.78 is 23.7. The first-order chi connectivity index (χ1) is 20.0. The molecule has 2 aromatic rings. The van der Waals surface area contributed by atoms with Crippen molar-refractivity contribution in [3.05, 3.63) is 75.9 Å². The Morgan fingerprint density at radius 1 is 1.05 bits per heavy atom. The van der Waals surface area contributed by atoms with Gasteiger partial charge >= 0.3 is 5.97 Å². The molecule has 2 heterocycles. The molecule has 0 unspecified atom stereocenters. The van der Waals surface area contributed by atoms with Crippen molar-refractivity contribution in [2.75, 3.05) is 20.8 Å². The van der Waals surface area contributed by atoms with Gasteiger partial charge in [-0.1, -0.05) is 35.4 Å². The molecule has 7 nitrogen and oxygen atoms in total. The third-order valence-electron chi connectivity index (χ3n) is 8.30. The molecular weight excluding hydrogens is 530 g/mol. The fourth-order valence-electron chi connectivity index (χ4n) is 5.81. The van der Waals surface area contributed by atoms with Crippen molar-refractivity contribution in [2.45, 2.75) is 91.4 Å². The maximum Gasteiger partial charge on any atom is 0.303 e. The lowest BCUT2D eigenvalue weighted by atomic mass is 9.83. The molecular formula is C35H45NO6. The van der Waals surface area contributed by atoms with Gasteiger partial charge in [-0.2, -0.15) is 0 Å². The second-order valence-electron chi connectivity index (χ2n) is 11.9. The van der Waals surface area contributed by atoms with E-state index in [9.17, 15) is 9.59 Å². The second-order valence-corrected chi connectivity index (χ2v) is 11.9. The van der Waals surface area contributed by atoms with Crippen LogP contribution >= 0.6 is 0 Å². The molecule has 0 N–H and O–H groups in total. The van der Waals surface area contributed by atoms with E-state index in [1.165, 1.54) is 18.1 Å². The summed E-state index contributed by atoms with van der Waals surface area (Å²) in [6, 6.07) is 9.74. The Hall–Kier alpha value is -3.74. The molecule has 0 bridgehead atoms. The molecule has 7 heteroatoms. The number of carbonyl (C=O) groups is 2. The molecule has 2 aliphatic rings. The SMILES string of the molecule is COc1ccc(CCN2Cc3c(cc(OC)c4c3O[C@](C)(CC/C=C(\C)CCC=C(C)C)[C@H](OC(C)=O)C4)C2=O)cc1. The van der Waals surface area contributed by atoms with Gasteiger partial charge in [0, 0.05) is 31.0 Å². The van der Waals surface area contributed by atoms with E-state index in [4.69, 9.17) is 18.9 Å². The van der Waals surface area contributed by atoms with Gasteiger partial charge in [-0.05, 0) is 83.6 Å². The van der Waals surface area contributed by atoms with Crippen LogP contribution < -0.4 is 14.2 Å².